The average Bonchev–Trinajstić information content (AvgIpc) is 3.39. The lowest BCUT2D eigenvalue weighted by molar-refractivity contribution is -0.142. The van der Waals surface area contributed by atoms with Crippen molar-refractivity contribution in [3.8, 4) is 0 Å². The molecule has 32 nitrogen and oxygen atoms in total. The maximum absolute atomic E-state index is 13.8. The van der Waals surface area contributed by atoms with Crippen LogP contribution in [0.15, 0.2) is 45.3 Å². The van der Waals surface area contributed by atoms with Crippen molar-refractivity contribution >= 4 is 77.0 Å². The summed E-state index contributed by atoms with van der Waals surface area (Å²) in [5.41, 5.74) is 44.6. The summed E-state index contributed by atoms with van der Waals surface area (Å²) < 4.78 is 0. The minimum Gasteiger partial charge on any atom is -0.480 e. The van der Waals surface area contributed by atoms with Gasteiger partial charge < -0.3 is 104 Å². The molecule has 0 aliphatic heterocycles. The van der Waals surface area contributed by atoms with Crippen LogP contribution < -0.4 is 93.7 Å². The van der Waals surface area contributed by atoms with Crippen LogP contribution >= 0.6 is 0 Å². The Kier molecular flexibility index (Phi) is 33.2. The van der Waals surface area contributed by atoms with Gasteiger partial charge in [0, 0.05) is 26.1 Å². The molecule has 0 spiro atoms. The van der Waals surface area contributed by atoms with Crippen molar-refractivity contribution in [3.05, 3.63) is 35.9 Å². The number of aliphatic hydroxyl groups is 1. The third-order valence-electron chi connectivity index (χ3n) is 11.3. The van der Waals surface area contributed by atoms with E-state index in [1.54, 1.807) is 44.2 Å². The first-order valence-electron chi connectivity index (χ1n) is 25.5. The predicted octanol–water partition coefficient (Wildman–Crippen LogP) is -8.16. The zero-order chi connectivity index (χ0) is 59.5. The summed E-state index contributed by atoms with van der Waals surface area (Å²) in [6.07, 6.45) is 1.71. The molecule has 1 aromatic rings. The molecule has 0 aromatic heterocycles. The molecular weight excluding hydrogens is 1040 g/mol. The van der Waals surface area contributed by atoms with E-state index in [0.717, 1.165) is 0 Å². The highest BCUT2D eigenvalue weighted by Crippen LogP contribution is 2.09. The molecule has 32 heteroatoms. The number of aliphatic carboxylic acids is 1. The number of carbonyl (C=O) groups is 10. The van der Waals surface area contributed by atoms with Crippen molar-refractivity contribution in [2.75, 3.05) is 52.4 Å². The van der Waals surface area contributed by atoms with Gasteiger partial charge in [-0.25, -0.2) is 4.79 Å². The van der Waals surface area contributed by atoms with E-state index in [4.69, 9.17) is 45.9 Å². The van der Waals surface area contributed by atoms with Crippen LogP contribution in [0, 0.1) is 5.92 Å². The molecule has 0 aliphatic carbocycles. The first-order chi connectivity index (χ1) is 37.4. The highest BCUT2D eigenvalue weighted by molar-refractivity contribution is 5.97. The highest BCUT2D eigenvalue weighted by atomic mass is 16.4. The Balaban J connectivity index is 3.09. The SMILES string of the molecule is CC(C)[C@H](NC(=O)[C@H](Cc1ccccc1)NC(=O)[C@@H](N)CCCN=C(N)N)C(=O)NCC(=O)N[C@@H](CCCN=C(N)N)C(=O)N[C@@H](CO)C(=O)NCC(=O)N[C@@H](CCCN=C(N)N)C(=O)NCC(=O)N[C@@H](CCCCN)C(=O)O. The van der Waals surface area contributed by atoms with Gasteiger partial charge in [0.2, 0.25) is 53.2 Å². The van der Waals surface area contributed by atoms with E-state index in [-0.39, 0.29) is 82.5 Å². The summed E-state index contributed by atoms with van der Waals surface area (Å²) in [4.78, 5) is 143. The molecule has 1 aromatic carbocycles. The number of hydrogen-bond donors (Lipinski definition) is 19. The standard InChI is InChI=1S/C47H82N20O12/c1-26(2)37(67-42(76)32(21-27-11-4-3-5-12-27)65-38(72)28(49)13-8-18-56-45(50)51)43(77)61-24-35(70)63-30(16-10-20-58-47(54)55)41(75)66-33(25-68)40(74)60-22-34(69)62-29(15-9-19-57-46(52)53)39(73)59-23-36(71)64-31(44(78)79)14-6-7-17-48/h3-5,11-12,26,28-33,37,68H,6-10,13-25,48-49H2,1-2H3,(H,59,73)(H,60,74)(H,61,77)(H,62,69)(H,63,70)(H,64,71)(H,65,72)(H,66,75)(H,67,76)(H,78,79)(H4,50,51,56)(H4,52,53,57)(H4,54,55,58)/t28-,29-,30-,31-,32-,33-,37-/m0/s1. The molecule has 27 N–H and O–H groups in total. The topological polar surface area (TPSA) is 565 Å². The second-order valence-corrected chi connectivity index (χ2v) is 18.3. The molecule has 0 aliphatic rings. The van der Waals surface area contributed by atoms with Crippen LogP contribution in [0.1, 0.15) is 77.2 Å². The van der Waals surface area contributed by atoms with Gasteiger partial charge >= 0.3 is 5.97 Å². The first kappa shape index (κ1) is 68.6. The highest BCUT2D eigenvalue weighted by Gasteiger charge is 2.32. The third-order valence-corrected chi connectivity index (χ3v) is 11.3. The van der Waals surface area contributed by atoms with Gasteiger partial charge in [-0.2, -0.15) is 0 Å². The van der Waals surface area contributed by atoms with Gasteiger partial charge in [0.05, 0.1) is 32.3 Å². The number of carboxylic acid groups (broad SMARTS) is 1. The number of hydrogen-bond acceptors (Lipinski definition) is 16. The van der Waals surface area contributed by atoms with E-state index in [2.05, 4.69) is 62.8 Å². The zero-order valence-electron chi connectivity index (χ0n) is 44.7. The fraction of sp³-hybridized carbons (Fsp3) is 0.596. The summed E-state index contributed by atoms with van der Waals surface area (Å²) in [6, 6.07) is -0.358. The summed E-state index contributed by atoms with van der Waals surface area (Å²) in [6.45, 7) is 0.719. The molecular formula is C47H82N20O12. The van der Waals surface area contributed by atoms with Crippen molar-refractivity contribution in [3.63, 3.8) is 0 Å². The number of benzene rings is 1. The Labute approximate surface area is 457 Å². The number of nitrogens with one attached hydrogen (secondary N) is 9. The van der Waals surface area contributed by atoms with Gasteiger partial charge in [-0.1, -0.05) is 44.2 Å². The number of carbonyl (C=O) groups excluding carboxylic acids is 9. The number of nitrogens with zero attached hydrogens (tertiary/aromatic N) is 3. The van der Waals surface area contributed by atoms with E-state index < -0.39 is 134 Å². The molecule has 0 saturated carbocycles. The normalized spacial score (nSPS) is 13.4. The molecule has 0 bridgehead atoms. The second kappa shape index (κ2) is 38.2. The molecule has 0 unspecified atom stereocenters. The fourth-order valence-corrected chi connectivity index (χ4v) is 7.13. The van der Waals surface area contributed by atoms with Gasteiger partial charge in [0.1, 0.15) is 36.3 Å². The molecule has 0 radical (unpaired) electrons. The van der Waals surface area contributed by atoms with E-state index in [1.165, 1.54) is 0 Å². The van der Waals surface area contributed by atoms with Crippen molar-refractivity contribution in [2.24, 2.45) is 66.8 Å². The molecule has 7 atom stereocenters. The lowest BCUT2D eigenvalue weighted by Gasteiger charge is -2.26. The van der Waals surface area contributed by atoms with Crippen LogP contribution in [0.2, 0.25) is 0 Å². The minimum atomic E-state index is -1.70. The van der Waals surface area contributed by atoms with Crippen LogP contribution in [0.4, 0.5) is 0 Å². The fourth-order valence-electron chi connectivity index (χ4n) is 7.13. The van der Waals surface area contributed by atoms with Crippen molar-refractivity contribution in [2.45, 2.75) is 120 Å². The zero-order valence-corrected chi connectivity index (χ0v) is 44.7. The molecule has 0 saturated heterocycles. The van der Waals surface area contributed by atoms with Crippen LogP contribution in [0.25, 0.3) is 0 Å². The summed E-state index contributed by atoms with van der Waals surface area (Å²) >= 11 is 0. The number of aliphatic imine (C=N–C) groups is 3. The molecule has 79 heavy (non-hydrogen) atoms. The maximum Gasteiger partial charge on any atom is 0.326 e. The summed E-state index contributed by atoms with van der Waals surface area (Å²) in [5, 5.41) is 41.4. The summed E-state index contributed by atoms with van der Waals surface area (Å²) in [7, 11) is 0. The summed E-state index contributed by atoms with van der Waals surface area (Å²) in [5.74, 6) is -10.1. The minimum absolute atomic E-state index is 0.00586. The van der Waals surface area contributed by atoms with Crippen molar-refractivity contribution < 1.29 is 58.2 Å². The van der Waals surface area contributed by atoms with Gasteiger partial charge in [-0.3, -0.25) is 58.1 Å². The molecule has 0 fully saturated rings. The maximum atomic E-state index is 13.8. The van der Waals surface area contributed by atoms with Crippen LogP contribution in [0.3, 0.4) is 0 Å². The van der Waals surface area contributed by atoms with Gasteiger partial charge in [0.25, 0.3) is 0 Å². The van der Waals surface area contributed by atoms with Crippen molar-refractivity contribution in [1.29, 1.82) is 0 Å². The lowest BCUT2D eigenvalue weighted by Crippen LogP contribution is -2.59. The van der Waals surface area contributed by atoms with E-state index in [0.29, 0.717) is 31.4 Å². The number of unbranched alkanes of at least 4 members (excludes halogenated alkanes) is 1. The van der Waals surface area contributed by atoms with Crippen LogP contribution in [-0.4, -0.2) is 182 Å². The Morgan fingerprint density at radius 3 is 1.37 bits per heavy atom. The van der Waals surface area contributed by atoms with Gasteiger partial charge in [-0.05, 0) is 75.8 Å². The third kappa shape index (κ3) is 30.2. The number of nitrogens with two attached hydrogens (primary N) is 8. The number of aliphatic hydroxyl groups excluding tert-OH is 1. The van der Waals surface area contributed by atoms with Gasteiger partial charge in [-0.15, -0.1) is 0 Å². The molecule has 442 valence electrons. The van der Waals surface area contributed by atoms with Gasteiger partial charge in [0.15, 0.2) is 17.9 Å². The van der Waals surface area contributed by atoms with Crippen LogP contribution in [0.5, 0.6) is 0 Å². The Bertz CT molecular complexity index is 2240. The Morgan fingerprint density at radius 2 is 0.911 bits per heavy atom. The van der Waals surface area contributed by atoms with Crippen LogP contribution in [-0.2, 0) is 54.4 Å². The largest absolute Gasteiger partial charge is 0.480 e. The Hall–Kier alpha value is -8.39. The number of amides is 9. The number of carboxylic acids is 1. The average molecular weight is 1120 g/mol. The second-order valence-electron chi connectivity index (χ2n) is 18.3. The number of guanidine groups is 3. The molecule has 0 heterocycles. The monoisotopic (exact) mass is 1120 g/mol. The Morgan fingerprint density at radius 1 is 0.494 bits per heavy atom. The van der Waals surface area contributed by atoms with Crippen molar-refractivity contribution in [1.82, 2.24) is 47.9 Å². The first-order valence-corrected chi connectivity index (χ1v) is 25.5. The van der Waals surface area contributed by atoms with E-state index in [1.807, 2.05) is 0 Å². The van der Waals surface area contributed by atoms with E-state index >= 15 is 0 Å². The molecule has 1 rings (SSSR count). The smallest absolute Gasteiger partial charge is 0.326 e. The lowest BCUT2D eigenvalue weighted by atomic mass is 10.0. The quantitative estimate of drug-likeness (QED) is 0.0165. The molecule has 9 amide bonds. The van der Waals surface area contributed by atoms with E-state index in [9.17, 15) is 58.2 Å². The number of rotatable bonds is 39. The predicted molar refractivity (Wildman–Crippen MR) is 291 cm³/mol.